The Labute approximate surface area is 199 Å². The van der Waals surface area contributed by atoms with Gasteiger partial charge in [-0.1, -0.05) is 54.1 Å². The largest absolute Gasteiger partial charge is 0.495 e. The number of sulfonamides is 1. The Morgan fingerprint density at radius 2 is 1.59 bits per heavy atom. The van der Waals surface area contributed by atoms with Crippen LogP contribution in [0.15, 0.2) is 71.6 Å². The van der Waals surface area contributed by atoms with E-state index in [1.165, 1.54) is 25.3 Å². The summed E-state index contributed by atoms with van der Waals surface area (Å²) in [5.74, 6) is -0.525. The van der Waals surface area contributed by atoms with E-state index in [1.54, 1.807) is 0 Å². The molecule has 0 radical (unpaired) electrons. The number of aryl methyl sites for hydroxylation is 2. The molecule has 4 rings (SSSR count). The average molecular weight is 479 g/mol. The highest BCUT2D eigenvalue weighted by atomic mass is 32.2. The van der Waals surface area contributed by atoms with Crippen molar-refractivity contribution in [1.82, 2.24) is 4.72 Å². The molecule has 7 nitrogen and oxygen atoms in total. The number of nitrogens with zero attached hydrogens (tertiary/aromatic N) is 1. The van der Waals surface area contributed by atoms with Gasteiger partial charge in [-0.3, -0.25) is 9.59 Å². The first-order chi connectivity index (χ1) is 16.2. The number of ether oxygens (including phenoxy) is 1. The van der Waals surface area contributed by atoms with Crippen LogP contribution < -0.4 is 14.4 Å². The molecule has 1 aliphatic rings. The van der Waals surface area contributed by atoms with Gasteiger partial charge in [-0.05, 0) is 48.7 Å². The number of anilines is 1. The topological polar surface area (TPSA) is 92.8 Å². The lowest BCUT2D eigenvalue weighted by molar-refractivity contribution is -0.121. The van der Waals surface area contributed by atoms with Crippen LogP contribution in [0.5, 0.6) is 5.75 Å². The molecule has 1 atom stereocenters. The van der Waals surface area contributed by atoms with Crippen molar-refractivity contribution in [3.8, 4) is 5.75 Å². The van der Waals surface area contributed by atoms with E-state index in [-0.39, 0.29) is 41.0 Å². The van der Waals surface area contributed by atoms with Crippen LogP contribution in [0.4, 0.5) is 5.69 Å². The van der Waals surface area contributed by atoms with Gasteiger partial charge in [0.2, 0.25) is 21.8 Å². The number of carbonyl (C=O) groups excluding carboxylic acids is 2. The number of amides is 2. The van der Waals surface area contributed by atoms with Crippen molar-refractivity contribution in [2.24, 2.45) is 0 Å². The summed E-state index contributed by atoms with van der Waals surface area (Å²) in [6, 6.07) is 18.7. The predicted molar refractivity (Wildman–Crippen MR) is 129 cm³/mol. The van der Waals surface area contributed by atoms with Gasteiger partial charge in [0, 0.05) is 12.8 Å². The zero-order valence-electron chi connectivity index (χ0n) is 19.2. The molecular formula is C26H26N2O5S. The van der Waals surface area contributed by atoms with Crippen LogP contribution in [0, 0.1) is 13.8 Å². The highest BCUT2D eigenvalue weighted by Gasteiger charge is 2.34. The standard InChI is InChI=1S/C26H26N2O5S/c1-17-9-11-21(18(2)15-17)26(19-7-5-4-6-8-19)27-34(31,32)20-10-12-23(33-3)22(16-20)28-24(29)13-14-25(28)30/h4-12,15-16,26-27H,13-14H2,1-3H3. The summed E-state index contributed by atoms with van der Waals surface area (Å²) < 4.78 is 35.2. The Balaban J connectivity index is 1.78. The van der Waals surface area contributed by atoms with E-state index in [4.69, 9.17) is 4.74 Å². The van der Waals surface area contributed by atoms with Crippen molar-refractivity contribution < 1.29 is 22.7 Å². The molecule has 2 amide bonds. The number of imide groups is 1. The number of carbonyl (C=O) groups is 2. The SMILES string of the molecule is COc1ccc(S(=O)(=O)NC(c2ccccc2)c2ccc(C)cc2C)cc1N1C(=O)CCC1=O. The number of benzene rings is 3. The third-order valence-corrected chi connectivity index (χ3v) is 7.32. The Kier molecular flexibility index (Phi) is 6.54. The monoisotopic (exact) mass is 478 g/mol. The minimum Gasteiger partial charge on any atom is -0.495 e. The fourth-order valence-electron chi connectivity index (χ4n) is 4.19. The van der Waals surface area contributed by atoms with Crippen LogP contribution in [0.1, 0.15) is 41.1 Å². The van der Waals surface area contributed by atoms with E-state index in [1.807, 2.05) is 62.4 Å². The van der Waals surface area contributed by atoms with E-state index in [9.17, 15) is 18.0 Å². The van der Waals surface area contributed by atoms with Crippen molar-refractivity contribution in [3.05, 3.63) is 89.0 Å². The Bertz CT molecular complexity index is 1340. The number of hydrogen-bond acceptors (Lipinski definition) is 5. The molecule has 8 heteroatoms. The van der Waals surface area contributed by atoms with E-state index in [0.29, 0.717) is 0 Å². The van der Waals surface area contributed by atoms with Crippen molar-refractivity contribution in [1.29, 1.82) is 0 Å². The predicted octanol–water partition coefficient (Wildman–Crippen LogP) is 4.03. The fraction of sp³-hybridized carbons (Fsp3) is 0.231. The maximum absolute atomic E-state index is 13.6. The lowest BCUT2D eigenvalue weighted by Crippen LogP contribution is -2.31. The van der Waals surface area contributed by atoms with Crippen molar-refractivity contribution in [3.63, 3.8) is 0 Å². The summed E-state index contributed by atoms with van der Waals surface area (Å²) in [4.78, 5) is 25.6. The zero-order chi connectivity index (χ0) is 24.5. The molecule has 0 spiro atoms. The summed E-state index contributed by atoms with van der Waals surface area (Å²) in [5.41, 5.74) is 3.78. The van der Waals surface area contributed by atoms with E-state index < -0.39 is 16.1 Å². The van der Waals surface area contributed by atoms with Crippen molar-refractivity contribution in [2.45, 2.75) is 37.6 Å². The third kappa shape index (κ3) is 4.60. The smallest absolute Gasteiger partial charge is 0.241 e. The lowest BCUT2D eigenvalue weighted by atomic mass is 9.95. The summed E-state index contributed by atoms with van der Waals surface area (Å²) in [5, 5.41) is 0. The van der Waals surface area contributed by atoms with Crippen LogP contribution >= 0.6 is 0 Å². The Hall–Kier alpha value is -3.49. The van der Waals surface area contributed by atoms with Gasteiger partial charge in [0.25, 0.3) is 0 Å². The van der Waals surface area contributed by atoms with Gasteiger partial charge in [0.1, 0.15) is 5.75 Å². The van der Waals surface area contributed by atoms with Crippen LogP contribution in [-0.2, 0) is 19.6 Å². The molecule has 1 N–H and O–H groups in total. The second kappa shape index (κ2) is 9.40. The molecule has 0 saturated carbocycles. The van der Waals surface area contributed by atoms with Gasteiger partial charge in [0.15, 0.2) is 0 Å². The number of methoxy groups -OCH3 is 1. The minimum atomic E-state index is -4.05. The molecular weight excluding hydrogens is 452 g/mol. The van der Waals surface area contributed by atoms with E-state index in [0.717, 1.165) is 27.2 Å². The quantitative estimate of drug-likeness (QED) is 0.518. The fourth-order valence-corrected chi connectivity index (χ4v) is 5.41. The molecule has 1 saturated heterocycles. The van der Waals surface area contributed by atoms with Gasteiger partial charge in [-0.25, -0.2) is 13.3 Å². The van der Waals surface area contributed by atoms with Crippen LogP contribution in [0.25, 0.3) is 0 Å². The summed E-state index contributed by atoms with van der Waals surface area (Å²) in [6.07, 6.45) is 0.167. The molecule has 0 aromatic heterocycles. The molecule has 1 heterocycles. The number of hydrogen-bond donors (Lipinski definition) is 1. The second-order valence-corrected chi connectivity index (χ2v) is 10.00. The molecule has 176 valence electrons. The first-order valence-electron chi connectivity index (χ1n) is 10.9. The first-order valence-corrected chi connectivity index (χ1v) is 12.4. The number of rotatable bonds is 7. The molecule has 0 bridgehead atoms. The van der Waals surface area contributed by atoms with E-state index >= 15 is 0 Å². The second-order valence-electron chi connectivity index (χ2n) is 8.28. The number of nitrogens with one attached hydrogen (secondary N) is 1. The first kappa shape index (κ1) is 23.7. The molecule has 1 unspecified atom stereocenters. The normalized spacial score (nSPS) is 15.0. The summed E-state index contributed by atoms with van der Waals surface area (Å²) in [6.45, 7) is 3.93. The Morgan fingerprint density at radius 3 is 2.21 bits per heavy atom. The lowest BCUT2D eigenvalue weighted by Gasteiger charge is -2.23. The Morgan fingerprint density at radius 1 is 0.912 bits per heavy atom. The summed E-state index contributed by atoms with van der Waals surface area (Å²) in [7, 11) is -2.64. The zero-order valence-corrected chi connectivity index (χ0v) is 20.1. The summed E-state index contributed by atoms with van der Waals surface area (Å²) >= 11 is 0. The van der Waals surface area contributed by atoms with Crippen LogP contribution in [0.3, 0.4) is 0 Å². The van der Waals surface area contributed by atoms with Gasteiger partial charge < -0.3 is 4.74 Å². The average Bonchev–Trinajstić information content (AvgIpc) is 3.15. The highest BCUT2D eigenvalue weighted by molar-refractivity contribution is 7.89. The highest BCUT2D eigenvalue weighted by Crippen LogP contribution is 2.35. The molecule has 1 fully saturated rings. The minimum absolute atomic E-state index is 0.0681. The molecule has 1 aliphatic heterocycles. The van der Waals surface area contributed by atoms with Gasteiger partial charge in [-0.2, -0.15) is 4.72 Å². The van der Waals surface area contributed by atoms with Crippen LogP contribution in [0.2, 0.25) is 0 Å². The van der Waals surface area contributed by atoms with Crippen LogP contribution in [-0.4, -0.2) is 27.3 Å². The molecule has 34 heavy (non-hydrogen) atoms. The maximum Gasteiger partial charge on any atom is 0.241 e. The van der Waals surface area contributed by atoms with Gasteiger partial charge >= 0.3 is 0 Å². The van der Waals surface area contributed by atoms with Gasteiger partial charge in [-0.15, -0.1) is 0 Å². The molecule has 3 aromatic rings. The van der Waals surface area contributed by atoms with Gasteiger partial charge in [0.05, 0.1) is 23.7 Å². The van der Waals surface area contributed by atoms with E-state index in [2.05, 4.69) is 4.72 Å². The maximum atomic E-state index is 13.6. The van der Waals surface area contributed by atoms with Crippen molar-refractivity contribution in [2.75, 3.05) is 12.0 Å². The van der Waals surface area contributed by atoms with Crippen molar-refractivity contribution >= 4 is 27.5 Å². The third-order valence-electron chi connectivity index (χ3n) is 5.90. The molecule has 3 aromatic carbocycles. The molecule has 0 aliphatic carbocycles.